The van der Waals surface area contributed by atoms with Gasteiger partial charge in [-0.1, -0.05) is 31.2 Å². The van der Waals surface area contributed by atoms with Gasteiger partial charge in [0.2, 0.25) is 0 Å². The summed E-state index contributed by atoms with van der Waals surface area (Å²) in [6.45, 7) is 3.96. The van der Waals surface area contributed by atoms with Crippen molar-refractivity contribution in [3.05, 3.63) is 35.9 Å². The molecule has 0 bridgehead atoms. The predicted octanol–water partition coefficient (Wildman–Crippen LogP) is 4.83. The molecule has 1 atom stereocenters. The van der Waals surface area contributed by atoms with E-state index in [1.54, 1.807) is 24.3 Å². The van der Waals surface area contributed by atoms with Gasteiger partial charge in [0.25, 0.3) is 0 Å². The Kier molecular flexibility index (Phi) is 5.25. The first-order chi connectivity index (χ1) is 8.40. The molecule has 0 aliphatic heterocycles. The summed E-state index contributed by atoms with van der Waals surface area (Å²) >= 11 is 0. The first kappa shape index (κ1) is 14.6. The number of allylic oxidation sites excluding steroid dienone is 1. The minimum Gasteiger partial charge on any atom is -0.491 e. The largest absolute Gasteiger partial charge is 0.491 e. The van der Waals surface area contributed by atoms with Crippen molar-refractivity contribution in [2.24, 2.45) is 0 Å². The van der Waals surface area contributed by atoms with Crippen molar-refractivity contribution in [2.75, 3.05) is 0 Å². The van der Waals surface area contributed by atoms with E-state index in [1.165, 1.54) is 6.08 Å². The van der Waals surface area contributed by atoms with Crippen LogP contribution in [-0.2, 0) is 0 Å². The SMILES string of the molecule is CCC(C)Oc1cccc(C=CCC(F)(F)F)c1. The Morgan fingerprint density at radius 1 is 1.33 bits per heavy atom. The Labute approximate surface area is 105 Å². The van der Waals surface area contributed by atoms with Crippen LogP contribution in [0.2, 0.25) is 0 Å². The molecule has 4 heteroatoms. The van der Waals surface area contributed by atoms with Crippen LogP contribution in [0.15, 0.2) is 30.3 Å². The molecule has 0 radical (unpaired) electrons. The van der Waals surface area contributed by atoms with Crippen molar-refractivity contribution in [2.45, 2.75) is 39.0 Å². The minimum atomic E-state index is -4.15. The van der Waals surface area contributed by atoms with E-state index < -0.39 is 12.6 Å². The van der Waals surface area contributed by atoms with Crippen molar-refractivity contribution in [3.8, 4) is 5.75 Å². The molecule has 0 saturated heterocycles. The molecule has 0 heterocycles. The Morgan fingerprint density at radius 2 is 2.06 bits per heavy atom. The van der Waals surface area contributed by atoms with Gasteiger partial charge in [-0.25, -0.2) is 0 Å². The second kappa shape index (κ2) is 6.47. The Hall–Kier alpha value is -1.45. The highest BCUT2D eigenvalue weighted by Crippen LogP contribution is 2.21. The normalized spacial score (nSPS) is 13.8. The summed E-state index contributed by atoms with van der Waals surface area (Å²) in [7, 11) is 0. The molecular formula is C14H17F3O. The van der Waals surface area contributed by atoms with Crippen LogP contribution in [-0.4, -0.2) is 12.3 Å². The topological polar surface area (TPSA) is 9.23 Å². The van der Waals surface area contributed by atoms with Gasteiger partial charge >= 0.3 is 6.18 Å². The Balaban J connectivity index is 2.65. The van der Waals surface area contributed by atoms with Crippen LogP contribution in [0.4, 0.5) is 13.2 Å². The zero-order chi connectivity index (χ0) is 13.6. The lowest BCUT2D eigenvalue weighted by Gasteiger charge is -2.12. The summed E-state index contributed by atoms with van der Waals surface area (Å²) in [5, 5.41) is 0. The van der Waals surface area contributed by atoms with E-state index in [0.717, 1.165) is 12.5 Å². The van der Waals surface area contributed by atoms with Gasteiger partial charge in [-0.3, -0.25) is 0 Å². The highest BCUT2D eigenvalue weighted by molar-refractivity contribution is 5.51. The van der Waals surface area contributed by atoms with Crippen LogP contribution >= 0.6 is 0 Å². The fourth-order valence-corrected chi connectivity index (χ4v) is 1.34. The molecule has 100 valence electrons. The van der Waals surface area contributed by atoms with E-state index in [9.17, 15) is 13.2 Å². The lowest BCUT2D eigenvalue weighted by Crippen LogP contribution is -2.09. The number of rotatable bonds is 5. The average molecular weight is 258 g/mol. The molecule has 0 saturated carbocycles. The summed E-state index contributed by atoms with van der Waals surface area (Å²) in [6, 6.07) is 7.05. The van der Waals surface area contributed by atoms with Gasteiger partial charge in [0.15, 0.2) is 0 Å². The van der Waals surface area contributed by atoms with E-state index in [1.807, 2.05) is 13.8 Å². The van der Waals surface area contributed by atoms with Crippen molar-refractivity contribution < 1.29 is 17.9 Å². The van der Waals surface area contributed by atoms with E-state index in [4.69, 9.17) is 4.74 Å². The monoisotopic (exact) mass is 258 g/mol. The molecule has 1 unspecified atom stereocenters. The molecule has 0 amide bonds. The van der Waals surface area contributed by atoms with Crippen molar-refractivity contribution in [1.29, 1.82) is 0 Å². The third-order valence-corrected chi connectivity index (χ3v) is 2.43. The van der Waals surface area contributed by atoms with E-state index in [-0.39, 0.29) is 6.10 Å². The fraction of sp³-hybridized carbons (Fsp3) is 0.429. The molecule has 1 aromatic carbocycles. The average Bonchev–Trinajstić information content (AvgIpc) is 2.27. The van der Waals surface area contributed by atoms with E-state index in [2.05, 4.69) is 0 Å². The molecule has 0 aromatic heterocycles. The quantitative estimate of drug-likeness (QED) is 0.735. The Morgan fingerprint density at radius 3 is 2.67 bits per heavy atom. The molecule has 0 N–H and O–H groups in total. The highest BCUT2D eigenvalue weighted by Gasteiger charge is 2.24. The van der Waals surface area contributed by atoms with Crippen LogP contribution in [0.5, 0.6) is 5.75 Å². The van der Waals surface area contributed by atoms with Gasteiger partial charge in [-0.2, -0.15) is 13.2 Å². The minimum absolute atomic E-state index is 0.0967. The third-order valence-electron chi connectivity index (χ3n) is 2.43. The second-order valence-electron chi connectivity index (χ2n) is 4.13. The van der Waals surface area contributed by atoms with Crippen LogP contribution in [0.25, 0.3) is 6.08 Å². The summed E-state index contributed by atoms with van der Waals surface area (Å²) in [5.74, 6) is 0.679. The molecule has 1 rings (SSSR count). The van der Waals surface area contributed by atoms with Gasteiger partial charge in [0.05, 0.1) is 12.5 Å². The first-order valence-electron chi connectivity index (χ1n) is 5.90. The third kappa shape index (κ3) is 5.75. The van der Waals surface area contributed by atoms with Gasteiger partial charge in [0, 0.05) is 0 Å². The molecule has 0 aliphatic rings. The fourth-order valence-electron chi connectivity index (χ4n) is 1.34. The van der Waals surface area contributed by atoms with E-state index >= 15 is 0 Å². The first-order valence-corrected chi connectivity index (χ1v) is 5.90. The van der Waals surface area contributed by atoms with Gasteiger partial charge in [-0.05, 0) is 31.0 Å². The van der Waals surface area contributed by atoms with Crippen LogP contribution in [0.1, 0.15) is 32.3 Å². The lowest BCUT2D eigenvalue weighted by atomic mass is 10.2. The van der Waals surface area contributed by atoms with Gasteiger partial charge in [0.1, 0.15) is 5.75 Å². The number of hydrogen-bond acceptors (Lipinski definition) is 1. The zero-order valence-electron chi connectivity index (χ0n) is 10.5. The van der Waals surface area contributed by atoms with Crippen molar-refractivity contribution >= 4 is 6.08 Å². The number of benzene rings is 1. The second-order valence-corrected chi connectivity index (χ2v) is 4.13. The molecule has 0 spiro atoms. The molecule has 1 aromatic rings. The molecule has 1 nitrogen and oxygen atoms in total. The summed E-state index contributed by atoms with van der Waals surface area (Å²) < 4.78 is 41.5. The summed E-state index contributed by atoms with van der Waals surface area (Å²) in [5.41, 5.74) is 0.708. The van der Waals surface area contributed by atoms with Crippen molar-refractivity contribution in [1.82, 2.24) is 0 Å². The number of alkyl halides is 3. The van der Waals surface area contributed by atoms with Gasteiger partial charge in [-0.15, -0.1) is 0 Å². The predicted molar refractivity (Wildman–Crippen MR) is 66.5 cm³/mol. The van der Waals surface area contributed by atoms with Crippen LogP contribution < -0.4 is 4.74 Å². The maximum absolute atomic E-state index is 12.0. The van der Waals surface area contributed by atoms with Gasteiger partial charge < -0.3 is 4.74 Å². The summed E-state index contributed by atoms with van der Waals surface area (Å²) in [4.78, 5) is 0. The Bertz CT molecular complexity index is 396. The molecule has 18 heavy (non-hydrogen) atoms. The van der Waals surface area contributed by atoms with Crippen LogP contribution in [0.3, 0.4) is 0 Å². The van der Waals surface area contributed by atoms with Crippen LogP contribution in [0, 0.1) is 0 Å². The number of ether oxygens (including phenoxy) is 1. The zero-order valence-corrected chi connectivity index (χ0v) is 10.5. The maximum atomic E-state index is 12.0. The maximum Gasteiger partial charge on any atom is 0.392 e. The highest BCUT2D eigenvalue weighted by atomic mass is 19.4. The molecular weight excluding hydrogens is 241 g/mol. The molecule has 0 fully saturated rings. The molecule has 0 aliphatic carbocycles. The standard InChI is InChI=1S/C14H17F3O/c1-3-11(2)18-13-8-4-6-12(10-13)7-5-9-14(15,16)17/h4-8,10-11H,3,9H2,1-2H3. The number of halogens is 3. The lowest BCUT2D eigenvalue weighted by molar-refractivity contribution is -0.124. The van der Waals surface area contributed by atoms with Crippen molar-refractivity contribution in [3.63, 3.8) is 0 Å². The van der Waals surface area contributed by atoms with E-state index in [0.29, 0.717) is 11.3 Å². The number of hydrogen-bond donors (Lipinski definition) is 0. The summed E-state index contributed by atoms with van der Waals surface area (Å²) in [6.07, 6.45) is -1.52. The smallest absolute Gasteiger partial charge is 0.392 e.